The first-order valence-electron chi connectivity index (χ1n) is 6.75. The van der Waals surface area contributed by atoms with Crippen LogP contribution in [0.15, 0.2) is 53.0 Å². The van der Waals surface area contributed by atoms with Crippen LogP contribution in [0.4, 0.5) is 5.69 Å². The number of aryl methyl sites for hydroxylation is 1. The van der Waals surface area contributed by atoms with Crippen molar-refractivity contribution in [1.82, 2.24) is 0 Å². The van der Waals surface area contributed by atoms with Crippen LogP contribution in [0.1, 0.15) is 24.5 Å². The number of halogens is 1. The first kappa shape index (κ1) is 14.1. The van der Waals surface area contributed by atoms with Crippen molar-refractivity contribution in [2.75, 3.05) is 5.32 Å². The zero-order chi connectivity index (χ0) is 13.7. The SMILES string of the molecule is CCC(Cc1ccccc1)Nc1ccc(C)cc1Br. The van der Waals surface area contributed by atoms with Gasteiger partial charge in [0, 0.05) is 16.2 Å². The van der Waals surface area contributed by atoms with Crippen molar-refractivity contribution in [3.63, 3.8) is 0 Å². The molecule has 1 nitrogen and oxygen atoms in total. The number of rotatable bonds is 5. The van der Waals surface area contributed by atoms with Crippen LogP contribution in [-0.4, -0.2) is 6.04 Å². The summed E-state index contributed by atoms with van der Waals surface area (Å²) in [6.07, 6.45) is 2.16. The van der Waals surface area contributed by atoms with Gasteiger partial charge in [-0.1, -0.05) is 43.3 Å². The molecule has 0 amide bonds. The van der Waals surface area contributed by atoms with Gasteiger partial charge in [0.2, 0.25) is 0 Å². The van der Waals surface area contributed by atoms with Crippen LogP contribution < -0.4 is 5.32 Å². The summed E-state index contributed by atoms with van der Waals surface area (Å²) >= 11 is 3.63. The minimum Gasteiger partial charge on any atom is -0.381 e. The lowest BCUT2D eigenvalue weighted by Crippen LogP contribution is -2.21. The second-order valence-corrected chi connectivity index (χ2v) is 5.78. The molecule has 2 heteroatoms. The molecule has 0 aliphatic carbocycles. The summed E-state index contributed by atoms with van der Waals surface area (Å²) in [4.78, 5) is 0. The standard InChI is InChI=1S/C17H20BrN/c1-3-15(12-14-7-5-4-6-8-14)19-17-10-9-13(2)11-16(17)18/h4-11,15,19H,3,12H2,1-2H3. The van der Waals surface area contributed by atoms with Gasteiger partial charge in [-0.05, 0) is 59.0 Å². The maximum absolute atomic E-state index is 3.63. The first-order chi connectivity index (χ1) is 9.19. The van der Waals surface area contributed by atoms with Gasteiger partial charge in [-0.3, -0.25) is 0 Å². The van der Waals surface area contributed by atoms with E-state index < -0.39 is 0 Å². The second-order valence-electron chi connectivity index (χ2n) is 4.92. The van der Waals surface area contributed by atoms with Gasteiger partial charge in [-0.15, -0.1) is 0 Å². The summed E-state index contributed by atoms with van der Waals surface area (Å²) in [7, 11) is 0. The average Bonchev–Trinajstić information content (AvgIpc) is 2.42. The fraction of sp³-hybridized carbons (Fsp3) is 0.294. The van der Waals surface area contributed by atoms with Crippen molar-refractivity contribution >= 4 is 21.6 Å². The third kappa shape index (κ3) is 4.10. The Bertz CT molecular complexity index is 522. The Morgan fingerprint density at radius 2 is 1.84 bits per heavy atom. The lowest BCUT2D eigenvalue weighted by Gasteiger charge is -2.19. The van der Waals surface area contributed by atoms with Crippen molar-refractivity contribution < 1.29 is 0 Å². The Kier molecular flexibility index (Phi) is 5.03. The Hall–Kier alpha value is -1.28. The Balaban J connectivity index is 2.06. The zero-order valence-electron chi connectivity index (χ0n) is 11.5. The number of nitrogens with one attached hydrogen (secondary N) is 1. The minimum absolute atomic E-state index is 0.460. The molecular weight excluding hydrogens is 298 g/mol. The molecule has 19 heavy (non-hydrogen) atoms. The van der Waals surface area contributed by atoms with E-state index in [1.54, 1.807) is 0 Å². The highest BCUT2D eigenvalue weighted by molar-refractivity contribution is 9.10. The van der Waals surface area contributed by atoms with Gasteiger partial charge in [-0.2, -0.15) is 0 Å². The van der Waals surface area contributed by atoms with Crippen LogP contribution >= 0.6 is 15.9 Å². The first-order valence-corrected chi connectivity index (χ1v) is 7.55. The van der Waals surface area contributed by atoms with Crippen LogP contribution in [0.5, 0.6) is 0 Å². The molecule has 1 unspecified atom stereocenters. The van der Waals surface area contributed by atoms with Gasteiger partial charge < -0.3 is 5.32 Å². The molecule has 0 bridgehead atoms. The molecule has 0 aromatic heterocycles. The molecule has 2 aromatic carbocycles. The maximum Gasteiger partial charge on any atom is 0.0487 e. The highest BCUT2D eigenvalue weighted by Gasteiger charge is 2.09. The van der Waals surface area contributed by atoms with E-state index in [2.05, 4.69) is 83.6 Å². The second kappa shape index (κ2) is 6.76. The van der Waals surface area contributed by atoms with Crippen LogP contribution in [0.3, 0.4) is 0 Å². The zero-order valence-corrected chi connectivity index (χ0v) is 13.1. The smallest absolute Gasteiger partial charge is 0.0487 e. The summed E-state index contributed by atoms with van der Waals surface area (Å²) in [6, 6.07) is 17.5. The van der Waals surface area contributed by atoms with E-state index in [1.165, 1.54) is 16.8 Å². The molecule has 0 saturated heterocycles. The molecule has 1 N–H and O–H groups in total. The third-order valence-corrected chi connectivity index (χ3v) is 3.96. The van der Waals surface area contributed by atoms with E-state index in [-0.39, 0.29) is 0 Å². The highest BCUT2D eigenvalue weighted by atomic mass is 79.9. The van der Waals surface area contributed by atoms with Gasteiger partial charge in [0.15, 0.2) is 0 Å². The van der Waals surface area contributed by atoms with Crippen molar-refractivity contribution in [2.24, 2.45) is 0 Å². The molecule has 100 valence electrons. The Labute approximate surface area is 124 Å². The lowest BCUT2D eigenvalue weighted by atomic mass is 10.0. The fourth-order valence-electron chi connectivity index (χ4n) is 2.15. The molecule has 0 radical (unpaired) electrons. The molecule has 0 saturated carbocycles. The summed E-state index contributed by atoms with van der Waals surface area (Å²) in [5.41, 5.74) is 3.83. The van der Waals surface area contributed by atoms with Gasteiger partial charge in [0.25, 0.3) is 0 Å². The van der Waals surface area contributed by atoms with E-state index in [9.17, 15) is 0 Å². The summed E-state index contributed by atoms with van der Waals surface area (Å²) in [5.74, 6) is 0. The van der Waals surface area contributed by atoms with Crippen LogP contribution in [0, 0.1) is 6.92 Å². The largest absolute Gasteiger partial charge is 0.381 e. The normalized spacial score (nSPS) is 12.2. The van der Waals surface area contributed by atoms with E-state index in [0.717, 1.165) is 17.3 Å². The number of anilines is 1. The number of benzene rings is 2. The summed E-state index contributed by atoms with van der Waals surface area (Å²) in [5, 5.41) is 3.63. The van der Waals surface area contributed by atoms with Crippen LogP contribution in [0.2, 0.25) is 0 Å². The summed E-state index contributed by atoms with van der Waals surface area (Å²) in [6.45, 7) is 4.33. The molecule has 2 rings (SSSR count). The number of hydrogen-bond donors (Lipinski definition) is 1. The Morgan fingerprint density at radius 3 is 2.47 bits per heavy atom. The van der Waals surface area contributed by atoms with E-state index in [0.29, 0.717) is 6.04 Å². The maximum atomic E-state index is 3.63. The lowest BCUT2D eigenvalue weighted by molar-refractivity contribution is 0.690. The Morgan fingerprint density at radius 1 is 1.11 bits per heavy atom. The van der Waals surface area contributed by atoms with Crippen molar-refractivity contribution in [3.8, 4) is 0 Å². The minimum atomic E-state index is 0.460. The van der Waals surface area contributed by atoms with Crippen LogP contribution in [0.25, 0.3) is 0 Å². The predicted octanol–water partition coefficient (Wildman–Crippen LogP) is 5.19. The topological polar surface area (TPSA) is 12.0 Å². The monoisotopic (exact) mass is 317 g/mol. The molecule has 0 spiro atoms. The van der Waals surface area contributed by atoms with E-state index in [1.807, 2.05) is 0 Å². The molecule has 1 atom stereocenters. The fourth-order valence-corrected chi connectivity index (χ4v) is 2.76. The van der Waals surface area contributed by atoms with Gasteiger partial charge in [0.05, 0.1) is 0 Å². The third-order valence-electron chi connectivity index (χ3n) is 3.30. The predicted molar refractivity (Wildman–Crippen MR) is 86.7 cm³/mol. The number of hydrogen-bond acceptors (Lipinski definition) is 1. The van der Waals surface area contributed by atoms with Crippen molar-refractivity contribution in [3.05, 3.63) is 64.1 Å². The van der Waals surface area contributed by atoms with E-state index in [4.69, 9.17) is 0 Å². The van der Waals surface area contributed by atoms with Crippen molar-refractivity contribution in [1.29, 1.82) is 0 Å². The summed E-state index contributed by atoms with van der Waals surface area (Å²) < 4.78 is 1.14. The van der Waals surface area contributed by atoms with Gasteiger partial charge in [-0.25, -0.2) is 0 Å². The van der Waals surface area contributed by atoms with Gasteiger partial charge in [0.1, 0.15) is 0 Å². The molecule has 0 aliphatic heterocycles. The highest BCUT2D eigenvalue weighted by Crippen LogP contribution is 2.25. The van der Waals surface area contributed by atoms with Crippen LogP contribution in [-0.2, 0) is 6.42 Å². The van der Waals surface area contributed by atoms with Crippen molar-refractivity contribution in [2.45, 2.75) is 32.7 Å². The quantitative estimate of drug-likeness (QED) is 0.800. The molecule has 0 aliphatic rings. The van der Waals surface area contributed by atoms with E-state index >= 15 is 0 Å². The van der Waals surface area contributed by atoms with Gasteiger partial charge >= 0.3 is 0 Å². The molecule has 0 fully saturated rings. The molecule has 0 heterocycles. The average molecular weight is 318 g/mol. The molecular formula is C17H20BrN. The molecule has 2 aromatic rings.